The summed E-state index contributed by atoms with van der Waals surface area (Å²) in [6.45, 7) is 4.98. The van der Waals surface area contributed by atoms with Crippen molar-refractivity contribution in [2.24, 2.45) is 7.05 Å². The molecule has 12 heteroatoms. The van der Waals surface area contributed by atoms with Crippen LogP contribution in [0.5, 0.6) is 0 Å². The molecule has 0 saturated carbocycles. The molecule has 4 rings (SSSR count). The van der Waals surface area contributed by atoms with Crippen molar-refractivity contribution < 1.29 is 14.7 Å². The SMILES string of the molecule is CC(=O)NCCN(CCCCc1ccc2c(n1)NCCC2)CC[C@H](Nc1ncnc2cn(C)nc12)C(=O)O. The Labute approximate surface area is 222 Å². The molecular weight excluding hydrogens is 486 g/mol. The summed E-state index contributed by atoms with van der Waals surface area (Å²) >= 11 is 0. The number of nitrogens with one attached hydrogen (secondary N) is 3. The van der Waals surface area contributed by atoms with E-state index in [4.69, 9.17) is 4.98 Å². The van der Waals surface area contributed by atoms with Crippen LogP contribution in [-0.4, -0.2) is 85.4 Å². The Morgan fingerprint density at radius 2 is 2.08 bits per heavy atom. The van der Waals surface area contributed by atoms with Crippen LogP contribution in [0.2, 0.25) is 0 Å². The number of hydrogen-bond donors (Lipinski definition) is 4. The molecular formula is C26H37N9O3. The molecule has 0 spiro atoms. The van der Waals surface area contributed by atoms with Crippen molar-refractivity contribution in [3.05, 3.63) is 35.9 Å². The molecule has 0 aliphatic carbocycles. The number of fused-ring (bicyclic) bond motifs is 2. The predicted molar refractivity (Wildman–Crippen MR) is 145 cm³/mol. The van der Waals surface area contributed by atoms with Gasteiger partial charge in [-0.25, -0.2) is 19.7 Å². The Balaban J connectivity index is 1.31. The van der Waals surface area contributed by atoms with E-state index < -0.39 is 12.0 Å². The number of anilines is 2. The van der Waals surface area contributed by atoms with Crippen molar-refractivity contribution in [2.75, 3.05) is 43.4 Å². The van der Waals surface area contributed by atoms with Crippen LogP contribution in [0.1, 0.15) is 43.9 Å². The number of rotatable bonds is 14. The van der Waals surface area contributed by atoms with Gasteiger partial charge in [-0.15, -0.1) is 0 Å². The highest BCUT2D eigenvalue weighted by molar-refractivity contribution is 5.87. The van der Waals surface area contributed by atoms with Gasteiger partial charge >= 0.3 is 5.97 Å². The monoisotopic (exact) mass is 523 g/mol. The van der Waals surface area contributed by atoms with Crippen molar-refractivity contribution in [2.45, 2.75) is 51.5 Å². The second-order valence-corrected chi connectivity index (χ2v) is 9.71. The fourth-order valence-corrected chi connectivity index (χ4v) is 4.66. The Kier molecular flexibility index (Phi) is 9.41. The van der Waals surface area contributed by atoms with Gasteiger partial charge in [-0.05, 0) is 56.7 Å². The topological polar surface area (TPSA) is 150 Å². The third-order valence-corrected chi connectivity index (χ3v) is 6.67. The van der Waals surface area contributed by atoms with Crippen LogP contribution in [0.4, 0.5) is 11.6 Å². The third-order valence-electron chi connectivity index (χ3n) is 6.67. The molecule has 1 aliphatic rings. The lowest BCUT2D eigenvalue weighted by Crippen LogP contribution is -2.39. The summed E-state index contributed by atoms with van der Waals surface area (Å²) in [5.41, 5.74) is 3.56. The van der Waals surface area contributed by atoms with E-state index in [0.717, 1.165) is 56.7 Å². The molecule has 4 N–H and O–H groups in total. The van der Waals surface area contributed by atoms with Crippen LogP contribution in [-0.2, 0) is 29.5 Å². The molecule has 12 nitrogen and oxygen atoms in total. The number of carboxylic acid groups (broad SMARTS) is 1. The van der Waals surface area contributed by atoms with Crippen LogP contribution in [0, 0.1) is 0 Å². The van der Waals surface area contributed by atoms with E-state index in [1.54, 1.807) is 17.9 Å². The van der Waals surface area contributed by atoms with Gasteiger partial charge in [0.05, 0.1) is 6.20 Å². The summed E-state index contributed by atoms with van der Waals surface area (Å²) in [6.07, 6.45) is 8.56. The van der Waals surface area contributed by atoms with Gasteiger partial charge in [-0.3, -0.25) is 9.48 Å². The number of carboxylic acids is 1. The lowest BCUT2D eigenvalue weighted by molar-refractivity contribution is -0.138. The van der Waals surface area contributed by atoms with E-state index in [1.807, 2.05) is 0 Å². The molecule has 0 radical (unpaired) electrons. The van der Waals surface area contributed by atoms with Crippen LogP contribution >= 0.6 is 0 Å². The van der Waals surface area contributed by atoms with Gasteiger partial charge in [-0.1, -0.05) is 6.07 Å². The Morgan fingerprint density at radius 3 is 2.89 bits per heavy atom. The van der Waals surface area contributed by atoms with Crippen molar-refractivity contribution in [3.63, 3.8) is 0 Å². The highest BCUT2D eigenvalue weighted by atomic mass is 16.4. The maximum atomic E-state index is 12.1. The summed E-state index contributed by atoms with van der Waals surface area (Å²) in [4.78, 5) is 38.8. The van der Waals surface area contributed by atoms with Gasteiger partial charge in [0.15, 0.2) is 11.3 Å². The fraction of sp³-hybridized carbons (Fsp3) is 0.538. The van der Waals surface area contributed by atoms with E-state index in [-0.39, 0.29) is 5.91 Å². The van der Waals surface area contributed by atoms with Crippen LogP contribution in [0.15, 0.2) is 24.7 Å². The van der Waals surface area contributed by atoms with Crippen LogP contribution in [0.25, 0.3) is 11.0 Å². The first-order chi connectivity index (χ1) is 18.4. The van der Waals surface area contributed by atoms with Crippen molar-refractivity contribution >= 4 is 34.5 Å². The third kappa shape index (κ3) is 7.60. The van der Waals surface area contributed by atoms with E-state index in [9.17, 15) is 14.7 Å². The average molecular weight is 524 g/mol. The number of carbonyl (C=O) groups is 2. The molecule has 0 aromatic carbocycles. The van der Waals surface area contributed by atoms with Crippen LogP contribution in [0.3, 0.4) is 0 Å². The maximum absolute atomic E-state index is 12.1. The summed E-state index contributed by atoms with van der Waals surface area (Å²) in [6, 6.07) is 3.46. The molecule has 3 aromatic heterocycles. The molecule has 0 fully saturated rings. The van der Waals surface area contributed by atoms with Gasteiger partial charge in [0.1, 0.15) is 23.7 Å². The summed E-state index contributed by atoms with van der Waals surface area (Å²) in [5, 5.41) is 23.5. The normalized spacial score (nSPS) is 13.7. The quantitative estimate of drug-likeness (QED) is 0.230. The van der Waals surface area contributed by atoms with E-state index in [0.29, 0.717) is 42.9 Å². The molecule has 38 heavy (non-hydrogen) atoms. The number of aryl methyl sites for hydroxylation is 3. The van der Waals surface area contributed by atoms with E-state index in [1.165, 1.54) is 18.8 Å². The van der Waals surface area contributed by atoms with Gasteiger partial charge in [0.2, 0.25) is 5.91 Å². The molecule has 1 atom stereocenters. The number of unbranched alkanes of at least 4 members (excludes halogenated alkanes) is 1. The molecule has 204 valence electrons. The number of hydrogen-bond acceptors (Lipinski definition) is 9. The molecule has 1 aliphatic heterocycles. The smallest absolute Gasteiger partial charge is 0.326 e. The van der Waals surface area contributed by atoms with E-state index in [2.05, 4.69) is 48.0 Å². The molecule has 0 unspecified atom stereocenters. The number of aromatic nitrogens is 5. The number of amides is 1. The van der Waals surface area contributed by atoms with Crippen molar-refractivity contribution in [3.8, 4) is 0 Å². The zero-order valence-electron chi connectivity index (χ0n) is 22.1. The predicted octanol–water partition coefficient (Wildman–Crippen LogP) is 1.83. The highest BCUT2D eigenvalue weighted by Gasteiger charge is 2.21. The number of pyridine rings is 1. The standard InChI is InChI=1S/C26H37N9O3/c1-18(36)27-12-15-35(13-4-3-7-20-9-8-19-6-5-11-28-24(19)31-20)14-10-21(26(37)38)32-25-23-22(29-17-30-25)16-34(2)33-23/h8-9,16-17,21H,3-7,10-15H2,1-2H3,(H,27,36)(H,28,31)(H,37,38)(H,29,30,32)/t21-/m0/s1. The lowest BCUT2D eigenvalue weighted by atomic mass is 10.1. The minimum Gasteiger partial charge on any atom is -0.480 e. The van der Waals surface area contributed by atoms with Gasteiger partial charge in [0.25, 0.3) is 0 Å². The number of aliphatic carboxylic acids is 1. The van der Waals surface area contributed by atoms with Gasteiger partial charge < -0.3 is 26.0 Å². The van der Waals surface area contributed by atoms with Crippen molar-refractivity contribution in [1.29, 1.82) is 0 Å². The second kappa shape index (κ2) is 13.1. The summed E-state index contributed by atoms with van der Waals surface area (Å²) in [7, 11) is 1.78. The first kappa shape index (κ1) is 27.2. The molecule has 0 bridgehead atoms. The van der Waals surface area contributed by atoms with Gasteiger partial charge in [0, 0.05) is 45.8 Å². The summed E-state index contributed by atoms with van der Waals surface area (Å²) in [5.74, 6) is 0.385. The van der Waals surface area contributed by atoms with Gasteiger partial charge in [-0.2, -0.15) is 5.10 Å². The Bertz CT molecular complexity index is 1250. The zero-order chi connectivity index (χ0) is 26.9. The molecule has 1 amide bonds. The van der Waals surface area contributed by atoms with Crippen molar-refractivity contribution in [1.82, 2.24) is 34.9 Å². The number of nitrogens with zero attached hydrogens (tertiary/aromatic N) is 6. The van der Waals surface area contributed by atoms with Crippen LogP contribution < -0.4 is 16.0 Å². The molecule has 0 saturated heterocycles. The maximum Gasteiger partial charge on any atom is 0.326 e. The second-order valence-electron chi connectivity index (χ2n) is 9.71. The average Bonchev–Trinajstić information content (AvgIpc) is 3.29. The zero-order valence-corrected chi connectivity index (χ0v) is 22.1. The molecule has 3 aromatic rings. The number of carbonyl (C=O) groups excluding carboxylic acids is 1. The first-order valence-corrected chi connectivity index (χ1v) is 13.2. The Morgan fingerprint density at radius 1 is 1.21 bits per heavy atom. The Hall–Kier alpha value is -3.80. The largest absolute Gasteiger partial charge is 0.480 e. The minimum absolute atomic E-state index is 0.0785. The summed E-state index contributed by atoms with van der Waals surface area (Å²) < 4.78 is 1.63. The molecule has 4 heterocycles. The minimum atomic E-state index is -0.957. The first-order valence-electron chi connectivity index (χ1n) is 13.2. The fourth-order valence-electron chi connectivity index (χ4n) is 4.66. The lowest BCUT2D eigenvalue weighted by Gasteiger charge is -2.24. The highest BCUT2D eigenvalue weighted by Crippen LogP contribution is 2.21. The van der Waals surface area contributed by atoms with E-state index >= 15 is 0 Å².